The largest absolute Gasteiger partial charge is 0.497 e. The van der Waals surface area contributed by atoms with Crippen LogP contribution in [-0.4, -0.2) is 41.8 Å². The van der Waals surface area contributed by atoms with E-state index >= 15 is 0 Å². The van der Waals surface area contributed by atoms with E-state index in [1.54, 1.807) is 24.3 Å². The van der Waals surface area contributed by atoms with E-state index in [0.717, 1.165) is 0 Å². The van der Waals surface area contributed by atoms with Gasteiger partial charge in [0.2, 0.25) is 0 Å². The van der Waals surface area contributed by atoms with Crippen molar-refractivity contribution in [2.75, 3.05) is 14.2 Å². The molecule has 0 saturated carbocycles. The average Bonchev–Trinajstić information content (AvgIpc) is 2.55. The minimum Gasteiger partial charge on any atom is -0.497 e. The summed E-state index contributed by atoms with van der Waals surface area (Å²) in [6, 6.07) is 12.5. The van der Waals surface area contributed by atoms with Gasteiger partial charge in [-0.05, 0) is 48.5 Å². The normalized spacial score (nSPS) is 8.78. The molecule has 0 radical (unpaired) electrons. The van der Waals surface area contributed by atoms with Crippen LogP contribution >= 0.6 is 0 Å². The summed E-state index contributed by atoms with van der Waals surface area (Å²) < 4.78 is 9.71. The van der Waals surface area contributed by atoms with Crippen LogP contribution in [0.2, 0.25) is 0 Å². The number of methoxy groups -OCH3 is 2. The SMILES string of the molecule is COc1ccc(C(=O)O)cc1.COc1ccc(C(=O)O)cc1.O. The molecule has 0 aliphatic rings. The number of hydrogen-bond acceptors (Lipinski definition) is 4. The van der Waals surface area contributed by atoms with Gasteiger partial charge in [0.15, 0.2) is 0 Å². The summed E-state index contributed by atoms with van der Waals surface area (Å²) in [4.78, 5) is 20.7. The molecule has 0 amide bonds. The molecule has 0 saturated heterocycles. The molecule has 0 aliphatic heterocycles. The van der Waals surface area contributed by atoms with Crippen molar-refractivity contribution in [3.8, 4) is 11.5 Å². The van der Waals surface area contributed by atoms with Crippen LogP contribution in [-0.2, 0) is 0 Å². The summed E-state index contributed by atoms with van der Waals surface area (Å²) in [7, 11) is 3.07. The molecule has 23 heavy (non-hydrogen) atoms. The smallest absolute Gasteiger partial charge is 0.335 e. The van der Waals surface area contributed by atoms with Crippen LogP contribution in [0.3, 0.4) is 0 Å². The number of ether oxygens (including phenoxy) is 2. The first kappa shape index (κ1) is 19.9. The van der Waals surface area contributed by atoms with Gasteiger partial charge in [0.1, 0.15) is 11.5 Å². The molecule has 0 atom stereocenters. The molecule has 7 nitrogen and oxygen atoms in total. The van der Waals surface area contributed by atoms with E-state index in [2.05, 4.69) is 0 Å². The molecular weight excluding hydrogens is 304 g/mol. The van der Waals surface area contributed by atoms with Gasteiger partial charge in [0.25, 0.3) is 0 Å². The molecule has 0 bridgehead atoms. The summed E-state index contributed by atoms with van der Waals surface area (Å²) in [6.07, 6.45) is 0. The van der Waals surface area contributed by atoms with E-state index in [1.165, 1.54) is 38.5 Å². The minimum absolute atomic E-state index is 0. The summed E-state index contributed by atoms with van der Waals surface area (Å²) in [6.45, 7) is 0. The molecule has 0 spiro atoms. The molecule has 2 aromatic rings. The third-order valence-corrected chi connectivity index (χ3v) is 2.67. The van der Waals surface area contributed by atoms with Gasteiger partial charge in [-0.25, -0.2) is 9.59 Å². The Labute approximate surface area is 133 Å². The summed E-state index contributed by atoms with van der Waals surface area (Å²) in [5.74, 6) is -0.523. The lowest BCUT2D eigenvalue weighted by molar-refractivity contribution is 0.0686. The summed E-state index contributed by atoms with van der Waals surface area (Å²) in [5.41, 5.74) is 0.539. The molecule has 0 aliphatic carbocycles. The predicted octanol–water partition coefficient (Wildman–Crippen LogP) is 1.96. The second-order valence-corrected chi connectivity index (χ2v) is 4.07. The van der Waals surface area contributed by atoms with Gasteiger partial charge in [-0.1, -0.05) is 0 Å². The summed E-state index contributed by atoms with van der Waals surface area (Å²) >= 11 is 0. The number of carboxylic acids is 2. The van der Waals surface area contributed by atoms with Crippen LogP contribution in [0.4, 0.5) is 0 Å². The zero-order valence-corrected chi connectivity index (χ0v) is 12.6. The predicted molar refractivity (Wildman–Crippen MR) is 83.5 cm³/mol. The molecule has 124 valence electrons. The van der Waals surface area contributed by atoms with Gasteiger partial charge in [-0.15, -0.1) is 0 Å². The molecular formula is C16H18O7. The van der Waals surface area contributed by atoms with Crippen LogP contribution < -0.4 is 9.47 Å². The van der Waals surface area contributed by atoms with Crippen molar-refractivity contribution >= 4 is 11.9 Å². The monoisotopic (exact) mass is 322 g/mol. The first-order valence-electron chi connectivity index (χ1n) is 6.22. The van der Waals surface area contributed by atoms with E-state index in [1.807, 2.05) is 0 Å². The maximum absolute atomic E-state index is 10.4. The third kappa shape index (κ3) is 6.49. The fraction of sp³-hybridized carbons (Fsp3) is 0.125. The lowest BCUT2D eigenvalue weighted by atomic mass is 10.2. The fourth-order valence-electron chi connectivity index (χ4n) is 1.47. The Morgan fingerprint density at radius 3 is 1.13 bits per heavy atom. The number of benzene rings is 2. The molecule has 2 rings (SSSR count). The quantitative estimate of drug-likeness (QED) is 0.886. The van der Waals surface area contributed by atoms with E-state index in [9.17, 15) is 9.59 Å². The van der Waals surface area contributed by atoms with Crippen LogP contribution in [0.1, 0.15) is 20.7 Å². The number of rotatable bonds is 4. The van der Waals surface area contributed by atoms with Crippen molar-refractivity contribution in [3.63, 3.8) is 0 Å². The zero-order valence-electron chi connectivity index (χ0n) is 12.6. The Morgan fingerprint density at radius 2 is 0.957 bits per heavy atom. The van der Waals surface area contributed by atoms with Gasteiger partial charge in [-0.3, -0.25) is 0 Å². The Balaban J connectivity index is 0.000000403. The fourth-order valence-corrected chi connectivity index (χ4v) is 1.47. The zero-order chi connectivity index (χ0) is 16.5. The Bertz CT molecular complexity index is 560. The van der Waals surface area contributed by atoms with Crippen molar-refractivity contribution in [2.24, 2.45) is 0 Å². The first-order valence-corrected chi connectivity index (χ1v) is 6.22. The number of hydrogen-bond donors (Lipinski definition) is 2. The second-order valence-electron chi connectivity index (χ2n) is 4.07. The molecule has 2 aromatic carbocycles. The molecule has 4 N–H and O–H groups in total. The number of carbonyl (C=O) groups is 2. The highest BCUT2D eigenvalue weighted by molar-refractivity contribution is 5.88. The number of aromatic carboxylic acids is 2. The highest BCUT2D eigenvalue weighted by atomic mass is 16.5. The number of carboxylic acid groups (broad SMARTS) is 2. The maximum Gasteiger partial charge on any atom is 0.335 e. The topological polar surface area (TPSA) is 125 Å². The van der Waals surface area contributed by atoms with Gasteiger partial charge >= 0.3 is 11.9 Å². The molecule has 0 aromatic heterocycles. The standard InChI is InChI=1S/2C8H8O3.H2O/c2*1-11-7-4-2-6(3-5-7)8(9)10;/h2*2-5H,1H3,(H,9,10);1H2. The average molecular weight is 322 g/mol. The van der Waals surface area contributed by atoms with E-state index in [4.69, 9.17) is 19.7 Å². The Kier molecular flexibility index (Phi) is 8.50. The summed E-state index contributed by atoms with van der Waals surface area (Å²) in [5, 5.41) is 17.0. The van der Waals surface area contributed by atoms with Crippen LogP contribution in [0, 0.1) is 0 Å². The van der Waals surface area contributed by atoms with Gasteiger partial charge < -0.3 is 25.2 Å². The van der Waals surface area contributed by atoms with Crippen LogP contribution in [0.15, 0.2) is 48.5 Å². The third-order valence-electron chi connectivity index (χ3n) is 2.67. The lowest BCUT2D eigenvalue weighted by Crippen LogP contribution is -1.95. The molecule has 0 fully saturated rings. The van der Waals surface area contributed by atoms with Crippen molar-refractivity contribution in [1.29, 1.82) is 0 Å². The minimum atomic E-state index is -0.923. The van der Waals surface area contributed by atoms with Crippen LogP contribution in [0.25, 0.3) is 0 Å². The Hall–Kier alpha value is -3.06. The van der Waals surface area contributed by atoms with Gasteiger partial charge in [-0.2, -0.15) is 0 Å². The second kappa shape index (κ2) is 9.80. The van der Waals surface area contributed by atoms with E-state index in [-0.39, 0.29) is 16.6 Å². The first-order chi connectivity index (χ1) is 10.5. The van der Waals surface area contributed by atoms with Crippen molar-refractivity contribution < 1.29 is 34.8 Å². The lowest BCUT2D eigenvalue weighted by Gasteiger charge is -1.98. The van der Waals surface area contributed by atoms with Gasteiger partial charge in [0.05, 0.1) is 25.3 Å². The van der Waals surface area contributed by atoms with Crippen LogP contribution in [0.5, 0.6) is 11.5 Å². The van der Waals surface area contributed by atoms with Crippen molar-refractivity contribution in [3.05, 3.63) is 59.7 Å². The molecule has 7 heteroatoms. The molecule has 0 heterocycles. The van der Waals surface area contributed by atoms with Crippen molar-refractivity contribution in [1.82, 2.24) is 0 Å². The highest BCUT2D eigenvalue weighted by Gasteiger charge is 2.01. The Morgan fingerprint density at radius 1 is 0.696 bits per heavy atom. The van der Waals surface area contributed by atoms with Crippen molar-refractivity contribution in [2.45, 2.75) is 0 Å². The van der Waals surface area contributed by atoms with Gasteiger partial charge in [0, 0.05) is 0 Å². The highest BCUT2D eigenvalue weighted by Crippen LogP contribution is 2.11. The van der Waals surface area contributed by atoms with E-state index < -0.39 is 11.9 Å². The maximum atomic E-state index is 10.4. The molecule has 0 unspecified atom stereocenters. The van der Waals surface area contributed by atoms with E-state index in [0.29, 0.717) is 11.5 Å².